The monoisotopic (exact) mass is 336 g/mol. The lowest BCUT2D eigenvalue weighted by molar-refractivity contribution is -0.136. The third-order valence-corrected chi connectivity index (χ3v) is 6.12. The minimum absolute atomic E-state index is 0.125. The van der Waals surface area contributed by atoms with Crippen LogP contribution in [0, 0.1) is 5.92 Å². The van der Waals surface area contributed by atoms with Gasteiger partial charge in [-0.05, 0) is 45.8 Å². The Bertz CT molecular complexity index is 462. The summed E-state index contributed by atoms with van der Waals surface area (Å²) < 4.78 is 0. The lowest BCUT2D eigenvalue weighted by atomic mass is 10.0. The van der Waals surface area contributed by atoms with Crippen molar-refractivity contribution in [3.05, 3.63) is 0 Å². The molecule has 0 radical (unpaired) electrons. The highest BCUT2D eigenvalue weighted by Crippen LogP contribution is 2.25. The molecular formula is C18H32N4O2. The van der Waals surface area contributed by atoms with E-state index in [1.807, 2.05) is 16.8 Å². The van der Waals surface area contributed by atoms with Gasteiger partial charge in [-0.25, -0.2) is 0 Å². The van der Waals surface area contributed by atoms with E-state index in [0.717, 1.165) is 45.6 Å². The molecule has 0 aromatic heterocycles. The van der Waals surface area contributed by atoms with Gasteiger partial charge in [0.05, 0.1) is 5.92 Å². The van der Waals surface area contributed by atoms with E-state index in [1.54, 1.807) is 0 Å². The predicted molar refractivity (Wildman–Crippen MR) is 93.6 cm³/mol. The molecule has 136 valence electrons. The van der Waals surface area contributed by atoms with Crippen LogP contribution in [0.25, 0.3) is 0 Å². The second-order valence-electron chi connectivity index (χ2n) is 7.51. The first kappa shape index (κ1) is 17.7. The van der Waals surface area contributed by atoms with Crippen LogP contribution in [0.2, 0.25) is 0 Å². The molecule has 0 bridgehead atoms. The van der Waals surface area contributed by atoms with E-state index in [-0.39, 0.29) is 17.7 Å². The number of likely N-dealkylation sites (tertiary alicyclic amines) is 3. The summed E-state index contributed by atoms with van der Waals surface area (Å²) in [6.45, 7) is 7.45. The molecule has 3 saturated heterocycles. The van der Waals surface area contributed by atoms with Crippen LogP contribution >= 0.6 is 0 Å². The maximum Gasteiger partial charge on any atom is 0.227 e. The molecule has 0 aliphatic carbocycles. The predicted octanol–water partition coefficient (Wildman–Crippen LogP) is 0.530. The maximum absolute atomic E-state index is 12.8. The number of carbonyl (C=O) groups is 2. The topological polar surface area (TPSA) is 55.9 Å². The standard InChI is InChI=1S/C18H32N4O2/c1-3-20-8-4-5-16(20)13-22-12-14(11-17(22)23)18(24)21-9-6-15(19-2)7-10-21/h14-16,19H,3-13H2,1-2H3. The van der Waals surface area contributed by atoms with Crippen LogP contribution in [0.4, 0.5) is 0 Å². The van der Waals surface area contributed by atoms with Crippen LogP contribution in [0.1, 0.15) is 39.0 Å². The minimum Gasteiger partial charge on any atom is -0.342 e. The molecule has 3 rings (SSSR count). The summed E-state index contributed by atoms with van der Waals surface area (Å²) >= 11 is 0. The third-order valence-electron chi connectivity index (χ3n) is 6.12. The van der Waals surface area contributed by atoms with Crippen molar-refractivity contribution >= 4 is 11.8 Å². The molecule has 3 aliphatic heterocycles. The first-order chi connectivity index (χ1) is 11.6. The molecule has 0 aromatic carbocycles. The summed E-state index contributed by atoms with van der Waals surface area (Å²) in [6, 6.07) is 1.01. The quantitative estimate of drug-likeness (QED) is 0.796. The molecule has 1 N–H and O–H groups in total. The number of piperidine rings is 1. The highest BCUT2D eigenvalue weighted by atomic mass is 16.2. The van der Waals surface area contributed by atoms with E-state index in [4.69, 9.17) is 0 Å². The van der Waals surface area contributed by atoms with Crippen LogP contribution in [0.3, 0.4) is 0 Å². The Hall–Kier alpha value is -1.14. The van der Waals surface area contributed by atoms with E-state index >= 15 is 0 Å². The zero-order valence-corrected chi connectivity index (χ0v) is 15.2. The van der Waals surface area contributed by atoms with Crippen LogP contribution in [-0.4, -0.2) is 84.9 Å². The van der Waals surface area contributed by atoms with Gasteiger partial charge in [-0.2, -0.15) is 0 Å². The summed E-state index contributed by atoms with van der Waals surface area (Å²) in [4.78, 5) is 31.5. The van der Waals surface area contributed by atoms with Crippen molar-refractivity contribution in [1.82, 2.24) is 20.0 Å². The van der Waals surface area contributed by atoms with Crippen LogP contribution in [0.5, 0.6) is 0 Å². The van der Waals surface area contributed by atoms with Crippen LogP contribution < -0.4 is 5.32 Å². The van der Waals surface area contributed by atoms with Gasteiger partial charge in [0.2, 0.25) is 11.8 Å². The first-order valence-electron chi connectivity index (χ1n) is 9.60. The van der Waals surface area contributed by atoms with E-state index in [9.17, 15) is 9.59 Å². The number of amides is 2. The summed E-state index contributed by atoms with van der Waals surface area (Å²) in [7, 11) is 1.98. The largest absolute Gasteiger partial charge is 0.342 e. The molecule has 3 heterocycles. The molecule has 0 aromatic rings. The van der Waals surface area contributed by atoms with Gasteiger partial charge in [0, 0.05) is 44.7 Å². The fourth-order valence-electron chi connectivity index (χ4n) is 4.53. The number of carbonyl (C=O) groups excluding carboxylic acids is 2. The molecule has 6 nitrogen and oxygen atoms in total. The van der Waals surface area contributed by atoms with Crippen molar-refractivity contribution in [1.29, 1.82) is 0 Å². The fraction of sp³-hybridized carbons (Fsp3) is 0.889. The van der Waals surface area contributed by atoms with E-state index in [1.165, 1.54) is 12.8 Å². The molecular weight excluding hydrogens is 304 g/mol. The zero-order valence-electron chi connectivity index (χ0n) is 15.2. The number of likely N-dealkylation sites (N-methyl/N-ethyl adjacent to an activating group) is 1. The second kappa shape index (κ2) is 7.83. The summed E-state index contributed by atoms with van der Waals surface area (Å²) in [5, 5.41) is 3.29. The van der Waals surface area contributed by atoms with Crippen molar-refractivity contribution in [3.8, 4) is 0 Å². The van der Waals surface area contributed by atoms with Gasteiger partial charge >= 0.3 is 0 Å². The van der Waals surface area contributed by atoms with E-state index < -0.39 is 0 Å². The fourth-order valence-corrected chi connectivity index (χ4v) is 4.53. The van der Waals surface area contributed by atoms with Crippen molar-refractivity contribution in [2.45, 2.75) is 51.1 Å². The SMILES string of the molecule is CCN1CCCC1CN1CC(C(=O)N2CCC(NC)CC2)CC1=O. The Morgan fingerprint density at radius 3 is 2.62 bits per heavy atom. The van der Waals surface area contributed by atoms with Crippen molar-refractivity contribution in [3.63, 3.8) is 0 Å². The average Bonchev–Trinajstić information content (AvgIpc) is 3.21. The van der Waals surface area contributed by atoms with Crippen molar-refractivity contribution in [2.24, 2.45) is 5.92 Å². The molecule has 24 heavy (non-hydrogen) atoms. The van der Waals surface area contributed by atoms with Gasteiger partial charge in [0.15, 0.2) is 0 Å². The molecule has 0 saturated carbocycles. The minimum atomic E-state index is -0.125. The second-order valence-corrected chi connectivity index (χ2v) is 7.51. The van der Waals surface area contributed by atoms with Crippen LogP contribution in [-0.2, 0) is 9.59 Å². The molecule has 3 aliphatic rings. The molecule has 3 fully saturated rings. The van der Waals surface area contributed by atoms with Gasteiger partial charge < -0.3 is 15.1 Å². The number of hydrogen-bond donors (Lipinski definition) is 1. The summed E-state index contributed by atoms with van der Waals surface area (Å²) in [5.74, 6) is 0.237. The average molecular weight is 336 g/mol. The third kappa shape index (κ3) is 3.75. The molecule has 2 amide bonds. The maximum atomic E-state index is 12.8. The Kier molecular flexibility index (Phi) is 5.76. The Labute approximate surface area is 145 Å². The molecule has 6 heteroatoms. The van der Waals surface area contributed by atoms with Gasteiger partial charge in [0.25, 0.3) is 0 Å². The molecule has 0 spiro atoms. The van der Waals surface area contributed by atoms with Crippen molar-refractivity contribution < 1.29 is 9.59 Å². The normalized spacial score (nSPS) is 29.7. The van der Waals surface area contributed by atoms with Gasteiger partial charge in [-0.1, -0.05) is 6.92 Å². The Balaban J connectivity index is 1.51. The lowest BCUT2D eigenvalue weighted by Gasteiger charge is -2.33. The smallest absolute Gasteiger partial charge is 0.227 e. The van der Waals surface area contributed by atoms with Gasteiger partial charge in [-0.15, -0.1) is 0 Å². The summed E-state index contributed by atoms with van der Waals surface area (Å²) in [6.07, 6.45) is 4.83. The summed E-state index contributed by atoms with van der Waals surface area (Å²) in [5.41, 5.74) is 0. The number of nitrogens with zero attached hydrogens (tertiary/aromatic N) is 3. The number of hydrogen-bond acceptors (Lipinski definition) is 4. The number of nitrogens with one attached hydrogen (secondary N) is 1. The van der Waals surface area contributed by atoms with Gasteiger partial charge in [0.1, 0.15) is 0 Å². The van der Waals surface area contributed by atoms with Gasteiger partial charge in [-0.3, -0.25) is 14.5 Å². The lowest BCUT2D eigenvalue weighted by Crippen LogP contribution is -2.46. The Morgan fingerprint density at radius 2 is 1.96 bits per heavy atom. The first-order valence-corrected chi connectivity index (χ1v) is 9.60. The van der Waals surface area contributed by atoms with Crippen LogP contribution in [0.15, 0.2) is 0 Å². The van der Waals surface area contributed by atoms with E-state index in [2.05, 4.69) is 17.1 Å². The highest BCUT2D eigenvalue weighted by Gasteiger charge is 2.39. The number of rotatable bonds is 5. The van der Waals surface area contributed by atoms with Crippen molar-refractivity contribution in [2.75, 3.05) is 46.3 Å². The molecule has 2 atom stereocenters. The van der Waals surface area contributed by atoms with E-state index in [0.29, 0.717) is 25.0 Å². The highest BCUT2D eigenvalue weighted by molar-refractivity contribution is 5.89. The Morgan fingerprint density at radius 1 is 1.21 bits per heavy atom. The molecule has 2 unspecified atom stereocenters. The zero-order chi connectivity index (χ0) is 17.1.